The molecule has 3 nitrogen and oxygen atoms in total. The molecule has 29 heavy (non-hydrogen) atoms. The molecule has 0 radical (unpaired) electrons. The third-order valence-corrected chi connectivity index (χ3v) is 7.00. The Morgan fingerprint density at radius 1 is 0.862 bits per heavy atom. The Balaban J connectivity index is 2.04. The minimum absolute atomic E-state index is 0.0262. The van der Waals surface area contributed by atoms with Gasteiger partial charge < -0.3 is 4.57 Å². The van der Waals surface area contributed by atoms with E-state index in [4.69, 9.17) is 0 Å². The minimum atomic E-state index is 0.0262. The van der Waals surface area contributed by atoms with Gasteiger partial charge in [0.25, 0.3) is 5.56 Å². The van der Waals surface area contributed by atoms with Gasteiger partial charge in [-0.1, -0.05) is 30.3 Å². The summed E-state index contributed by atoms with van der Waals surface area (Å²) in [5.74, 6) is 0. The summed E-state index contributed by atoms with van der Waals surface area (Å²) in [6.07, 6.45) is 1.83. The fraction of sp³-hybridized carbons (Fsp3) is 0.0833. The first-order chi connectivity index (χ1) is 14.2. The maximum absolute atomic E-state index is 13.5. The highest BCUT2D eigenvalue weighted by Crippen LogP contribution is 2.43. The zero-order chi connectivity index (χ0) is 20.0. The molecule has 0 bridgehead atoms. The lowest BCUT2D eigenvalue weighted by Crippen LogP contribution is -2.20. The van der Waals surface area contributed by atoms with Crippen molar-refractivity contribution in [3.8, 4) is 32.1 Å². The van der Waals surface area contributed by atoms with Crippen LogP contribution in [0.25, 0.3) is 43.0 Å². The van der Waals surface area contributed by atoms with Crippen molar-refractivity contribution in [1.29, 1.82) is 0 Å². The van der Waals surface area contributed by atoms with Crippen LogP contribution in [0.3, 0.4) is 0 Å². The van der Waals surface area contributed by atoms with Crippen molar-refractivity contribution >= 4 is 33.6 Å². The summed E-state index contributed by atoms with van der Waals surface area (Å²) in [6.45, 7) is 2.08. The predicted octanol–water partition coefficient (Wildman–Crippen LogP) is 6.37. The van der Waals surface area contributed by atoms with E-state index in [2.05, 4.69) is 35.5 Å². The second kappa shape index (κ2) is 7.10. The number of benzene rings is 1. The van der Waals surface area contributed by atoms with Crippen molar-refractivity contribution < 1.29 is 0 Å². The average Bonchev–Trinajstić information content (AvgIpc) is 3.44. The normalized spacial score (nSPS) is 11.2. The standard InChI is InChI=1S/C24H18N2OS2/c1-15-7-4-12-25-23(15)16-8-3-9-17-20(16)21(18-10-5-13-28-18)22(24(27)26(17)2)19-11-6-14-29-19/h3-14H,1-2H3. The Morgan fingerprint density at radius 2 is 1.59 bits per heavy atom. The Labute approximate surface area is 176 Å². The summed E-state index contributed by atoms with van der Waals surface area (Å²) in [5, 5.41) is 5.15. The Hall–Kier alpha value is -3.02. The molecule has 0 N–H and O–H groups in total. The lowest BCUT2D eigenvalue weighted by atomic mass is 9.93. The maximum atomic E-state index is 13.5. The third kappa shape index (κ3) is 2.85. The number of aryl methyl sites for hydroxylation is 2. The van der Waals surface area contributed by atoms with Gasteiger partial charge in [-0.25, -0.2) is 0 Å². The lowest BCUT2D eigenvalue weighted by molar-refractivity contribution is 0.910. The number of hydrogen-bond donors (Lipinski definition) is 0. The zero-order valence-corrected chi connectivity index (χ0v) is 17.7. The molecule has 1 aromatic carbocycles. The number of nitrogens with zero attached hydrogens (tertiary/aromatic N) is 2. The number of aromatic nitrogens is 2. The van der Waals surface area contributed by atoms with Crippen molar-refractivity contribution in [2.45, 2.75) is 6.92 Å². The van der Waals surface area contributed by atoms with E-state index >= 15 is 0 Å². The van der Waals surface area contributed by atoms with E-state index in [0.717, 1.165) is 48.6 Å². The van der Waals surface area contributed by atoms with Gasteiger partial charge in [-0.3, -0.25) is 9.78 Å². The highest BCUT2D eigenvalue weighted by atomic mass is 32.1. The number of rotatable bonds is 3. The molecule has 0 atom stereocenters. The van der Waals surface area contributed by atoms with Gasteiger partial charge in [0.15, 0.2) is 0 Å². The van der Waals surface area contributed by atoms with Crippen molar-refractivity contribution in [1.82, 2.24) is 9.55 Å². The van der Waals surface area contributed by atoms with Gasteiger partial charge >= 0.3 is 0 Å². The molecule has 0 amide bonds. The summed E-state index contributed by atoms with van der Waals surface area (Å²) in [4.78, 5) is 20.2. The summed E-state index contributed by atoms with van der Waals surface area (Å²) in [6, 6.07) is 18.3. The monoisotopic (exact) mass is 414 g/mol. The molecule has 4 aromatic heterocycles. The molecule has 5 heteroatoms. The largest absolute Gasteiger partial charge is 0.311 e. The molecular weight excluding hydrogens is 396 g/mol. The molecule has 0 unspecified atom stereocenters. The second-order valence-corrected chi connectivity index (χ2v) is 8.83. The number of hydrogen-bond acceptors (Lipinski definition) is 4. The number of fused-ring (bicyclic) bond motifs is 1. The molecule has 0 fully saturated rings. The molecule has 0 aliphatic carbocycles. The van der Waals surface area contributed by atoms with E-state index in [9.17, 15) is 4.79 Å². The smallest absolute Gasteiger partial charge is 0.260 e. The molecule has 0 saturated carbocycles. The van der Waals surface area contributed by atoms with E-state index in [-0.39, 0.29) is 5.56 Å². The van der Waals surface area contributed by atoms with Crippen molar-refractivity contribution in [3.63, 3.8) is 0 Å². The highest BCUT2D eigenvalue weighted by Gasteiger charge is 2.22. The summed E-state index contributed by atoms with van der Waals surface area (Å²) in [7, 11) is 1.86. The predicted molar refractivity (Wildman–Crippen MR) is 124 cm³/mol. The second-order valence-electron chi connectivity index (χ2n) is 6.94. The van der Waals surface area contributed by atoms with Crippen LogP contribution >= 0.6 is 22.7 Å². The van der Waals surface area contributed by atoms with Crippen LogP contribution in [-0.2, 0) is 7.05 Å². The third-order valence-electron chi connectivity index (χ3n) is 5.22. The Morgan fingerprint density at radius 3 is 2.24 bits per heavy atom. The maximum Gasteiger partial charge on any atom is 0.260 e. The molecule has 142 valence electrons. The van der Waals surface area contributed by atoms with E-state index in [1.165, 1.54) is 0 Å². The molecule has 0 aliphatic rings. The molecule has 4 heterocycles. The molecule has 5 rings (SSSR count). The number of pyridine rings is 2. The molecular formula is C24H18N2OS2. The van der Waals surface area contributed by atoms with E-state index in [0.29, 0.717) is 0 Å². The highest BCUT2D eigenvalue weighted by molar-refractivity contribution is 7.14. The minimum Gasteiger partial charge on any atom is -0.311 e. The van der Waals surface area contributed by atoms with Crippen molar-refractivity contribution in [3.05, 3.63) is 87.5 Å². The summed E-state index contributed by atoms with van der Waals surface area (Å²) < 4.78 is 1.77. The van der Waals surface area contributed by atoms with Crippen molar-refractivity contribution in [2.75, 3.05) is 0 Å². The van der Waals surface area contributed by atoms with E-state index in [1.54, 1.807) is 27.2 Å². The van der Waals surface area contributed by atoms with E-state index < -0.39 is 0 Å². The van der Waals surface area contributed by atoms with Crippen LogP contribution in [-0.4, -0.2) is 9.55 Å². The van der Waals surface area contributed by atoms with Gasteiger partial charge in [0.2, 0.25) is 0 Å². The van der Waals surface area contributed by atoms with Crippen LogP contribution in [0.1, 0.15) is 5.56 Å². The topological polar surface area (TPSA) is 34.9 Å². The number of thiophene rings is 2. The van der Waals surface area contributed by atoms with Gasteiger partial charge in [-0.15, -0.1) is 22.7 Å². The molecule has 0 saturated heterocycles. The first kappa shape index (κ1) is 18.0. The lowest BCUT2D eigenvalue weighted by Gasteiger charge is -2.18. The van der Waals surface area contributed by atoms with Gasteiger partial charge in [0.05, 0.1) is 16.8 Å². The van der Waals surface area contributed by atoms with Crippen LogP contribution in [0.2, 0.25) is 0 Å². The molecule has 0 spiro atoms. The first-order valence-electron chi connectivity index (χ1n) is 9.32. The van der Waals surface area contributed by atoms with Crippen LogP contribution < -0.4 is 5.56 Å². The Kier molecular flexibility index (Phi) is 4.42. The fourth-order valence-electron chi connectivity index (χ4n) is 3.87. The van der Waals surface area contributed by atoms with Gasteiger partial charge in [0.1, 0.15) is 0 Å². The van der Waals surface area contributed by atoms with Gasteiger partial charge in [-0.2, -0.15) is 0 Å². The van der Waals surface area contributed by atoms with Crippen LogP contribution in [0, 0.1) is 6.92 Å². The van der Waals surface area contributed by atoms with Crippen LogP contribution in [0.15, 0.2) is 76.3 Å². The quantitative estimate of drug-likeness (QED) is 0.344. The molecule has 0 aliphatic heterocycles. The van der Waals surface area contributed by atoms with Crippen LogP contribution in [0.5, 0.6) is 0 Å². The van der Waals surface area contributed by atoms with Crippen LogP contribution in [0.4, 0.5) is 0 Å². The molecule has 5 aromatic rings. The SMILES string of the molecule is Cc1cccnc1-c1cccc2c1c(-c1cccs1)c(-c1cccs1)c(=O)n2C. The van der Waals surface area contributed by atoms with Crippen molar-refractivity contribution in [2.24, 2.45) is 7.05 Å². The summed E-state index contributed by atoms with van der Waals surface area (Å²) in [5.41, 5.74) is 5.83. The van der Waals surface area contributed by atoms with E-state index in [1.807, 2.05) is 55.0 Å². The van der Waals surface area contributed by atoms with Gasteiger partial charge in [0, 0.05) is 39.5 Å². The average molecular weight is 415 g/mol. The zero-order valence-electron chi connectivity index (χ0n) is 16.0. The fourth-order valence-corrected chi connectivity index (χ4v) is 5.42. The Bertz CT molecular complexity index is 1380. The van der Waals surface area contributed by atoms with Gasteiger partial charge in [-0.05, 0) is 47.5 Å². The first-order valence-corrected chi connectivity index (χ1v) is 11.1. The summed E-state index contributed by atoms with van der Waals surface area (Å²) >= 11 is 3.26.